The third kappa shape index (κ3) is 4.51. The van der Waals surface area contributed by atoms with E-state index in [-0.39, 0.29) is 35.3 Å². The normalized spacial score (nSPS) is 21.3. The topological polar surface area (TPSA) is 57.7 Å². The Morgan fingerprint density at radius 2 is 1.91 bits per heavy atom. The molecule has 1 aliphatic heterocycles. The van der Waals surface area contributed by atoms with Gasteiger partial charge in [0.1, 0.15) is 5.82 Å². The first-order chi connectivity index (χ1) is 10.7. The lowest BCUT2D eigenvalue weighted by molar-refractivity contribution is -0.136. The predicted octanol–water partition coefficient (Wildman–Crippen LogP) is 1.29. The number of benzene rings is 1. The molecule has 1 heterocycles. The zero-order valence-electron chi connectivity index (χ0n) is 13.7. The van der Waals surface area contributed by atoms with Crippen molar-refractivity contribution < 1.29 is 17.6 Å². The van der Waals surface area contributed by atoms with Crippen LogP contribution < -0.4 is 0 Å². The zero-order valence-corrected chi connectivity index (χ0v) is 14.5. The number of carbonyl (C=O) groups excluding carboxylic acids is 1. The van der Waals surface area contributed by atoms with Crippen molar-refractivity contribution in [2.45, 2.75) is 32.0 Å². The SMILES string of the molecule is CC(C(=O)N(C)C1CCS(=O)(=O)C1)N(C)Cc1ccc(F)cc1. The molecule has 2 unspecified atom stereocenters. The van der Waals surface area contributed by atoms with Crippen molar-refractivity contribution in [2.24, 2.45) is 0 Å². The number of hydrogen-bond donors (Lipinski definition) is 0. The number of nitrogens with zero attached hydrogens (tertiary/aromatic N) is 2. The van der Waals surface area contributed by atoms with Gasteiger partial charge >= 0.3 is 0 Å². The lowest BCUT2D eigenvalue weighted by Crippen LogP contribution is -2.48. The summed E-state index contributed by atoms with van der Waals surface area (Å²) in [6.45, 7) is 2.32. The lowest BCUT2D eigenvalue weighted by Gasteiger charge is -2.31. The number of rotatable bonds is 5. The highest BCUT2D eigenvalue weighted by atomic mass is 32.2. The van der Waals surface area contributed by atoms with Gasteiger partial charge in [0, 0.05) is 19.6 Å². The largest absolute Gasteiger partial charge is 0.340 e. The maximum absolute atomic E-state index is 12.9. The minimum absolute atomic E-state index is 0.0453. The van der Waals surface area contributed by atoms with E-state index < -0.39 is 9.84 Å². The molecule has 0 aromatic heterocycles. The summed E-state index contributed by atoms with van der Waals surface area (Å²) < 4.78 is 36.1. The standard InChI is InChI=1S/C16H23FN2O3S/c1-12(18(2)10-13-4-6-14(17)7-5-13)16(20)19(3)15-8-9-23(21,22)11-15/h4-7,12,15H,8-11H2,1-3H3. The zero-order chi connectivity index (χ0) is 17.2. The minimum Gasteiger partial charge on any atom is -0.340 e. The molecule has 1 aromatic carbocycles. The maximum atomic E-state index is 12.9. The van der Waals surface area contributed by atoms with Gasteiger partial charge in [-0.1, -0.05) is 12.1 Å². The number of hydrogen-bond acceptors (Lipinski definition) is 4. The van der Waals surface area contributed by atoms with Crippen LogP contribution in [0, 0.1) is 5.82 Å². The van der Waals surface area contributed by atoms with E-state index in [0.717, 1.165) is 5.56 Å². The monoisotopic (exact) mass is 342 g/mol. The third-order valence-electron chi connectivity index (χ3n) is 4.47. The molecule has 1 saturated heterocycles. The van der Waals surface area contributed by atoms with Crippen LogP contribution in [0.15, 0.2) is 24.3 Å². The van der Waals surface area contributed by atoms with Gasteiger partial charge in [-0.15, -0.1) is 0 Å². The number of carbonyl (C=O) groups is 1. The summed E-state index contributed by atoms with van der Waals surface area (Å²) in [5, 5.41) is 0. The van der Waals surface area contributed by atoms with Crippen molar-refractivity contribution in [1.29, 1.82) is 0 Å². The summed E-state index contributed by atoms with van der Waals surface area (Å²) in [7, 11) is 0.472. The quantitative estimate of drug-likeness (QED) is 0.809. The molecule has 0 spiro atoms. The van der Waals surface area contributed by atoms with Crippen molar-refractivity contribution >= 4 is 15.7 Å². The Balaban J connectivity index is 1.96. The first-order valence-corrected chi connectivity index (χ1v) is 9.43. The molecule has 7 heteroatoms. The lowest BCUT2D eigenvalue weighted by atomic mass is 10.1. The summed E-state index contributed by atoms with van der Waals surface area (Å²) in [6.07, 6.45) is 0.499. The predicted molar refractivity (Wildman–Crippen MR) is 87.2 cm³/mol. The molecule has 0 aliphatic carbocycles. The average Bonchev–Trinajstić information content (AvgIpc) is 2.87. The Hall–Kier alpha value is -1.47. The molecule has 5 nitrogen and oxygen atoms in total. The van der Waals surface area contributed by atoms with Crippen molar-refractivity contribution in [3.05, 3.63) is 35.6 Å². The number of sulfone groups is 1. The fraction of sp³-hybridized carbons (Fsp3) is 0.562. The molecule has 1 aromatic rings. The van der Waals surface area contributed by atoms with Gasteiger partial charge in [0.15, 0.2) is 9.84 Å². The van der Waals surface area contributed by atoms with Crippen LogP contribution in [0.2, 0.25) is 0 Å². The number of likely N-dealkylation sites (N-methyl/N-ethyl adjacent to an activating group) is 2. The summed E-state index contributed by atoms with van der Waals surface area (Å²) in [4.78, 5) is 16.0. The second kappa shape index (κ2) is 6.97. The Labute approximate surface area is 137 Å². The molecule has 0 saturated carbocycles. The van der Waals surface area contributed by atoms with Gasteiger partial charge in [-0.2, -0.15) is 0 Å². The second-order valence-corrected chi connectivity index (χ2v) is 8.45. The highest BCUT2D eigenvalue weighted by Gasteiger charge is 2.34. The highest BCUT2D eigenvalue weighted by Crippen LogP contribution is 2.18. The molecule has 1 aliphatic rings. The number of halogens is 1. The Morgan fingerprint density at radius 3 is 2.43 bits per heavy atom. The smallest absolute Gasteiger partial charge is 0.239 e. The van der Waals surface area contributed by atoms with Gasteiger partial charge in [0.05, 0.1) is 17.5 Å². The van der Waals surface area contributed by atoms with Gasteiger partial charge in [0.2, 0.25) is 5.91 Å². The molecule has 2 atom stereocenters. The van der Waals surface area contributed by atoms with E-state index in [1.165, 1.54) is 12.1 Å². The van der Waals surface area contributed by atoms with Gasteiger partial charge in [-0.3, -0.25) is 9.69 Å². The molecule has 1 fully saturated rings. The van der Waals surface area contributed by atoms with Crippen molar-refractivity contribution in [3.8, 4) is 0 Å². The molecule has 0 radical (unpaired) electrons. The minimum atomic E-state index is -3.02. The number of amides is 1. The van der Waals surface area contributed by atoms with Crippen molar-refractivity contribution in [3.63, 3.8) is 0 Å². The first-order valence-electron chi connectivity index (χ1n) is 7.61. The van der Waals surface area contributed by atoms with Crippen LogP contribution in [0.1, 0.15) is 18.9 Å². The van der Waals surface area contributed by atoms with E-state index in [2.05, 4.69) is 0 Å². The van der Waals surface area contributed by atoms with Gasteiger partial charge in [-0.05, 0) is 38.1 Å². The van der Waals surface area contributed by atoms with Crippen molar-refractivity contribution in [1.82, 2.24) is 9.80 Å². The molecule has 128 valence electrons. The van der Waals surface area contributed by atoms with Crippen LogP contribution in [-0.2, 0) is 21.2 Å². The molecular formula is C16H23FN2O3S. The van der Waals surface area contributed by atoms with E-state index in [1.807, 2.05) is 11.9 Å². The fourth-order valence-corrected chi connectivity index (χ4v) is 4.53. The second-order valence-electron chi connectivity index (χ2n) is 6.22. The first kappa shape index (κ1) is 17.9. The molecule has 0 bridgehead atoms. The van der Waals surface area contributed by atoms with Crippen LogP contribution in [0.25, 0.3) is 0 Å². The summed E-state index contributed by atoms with van der Waals surface area (Å²) in [6, 6.07) is 5.55. The van der Waals surface area contributed by atoms with E-state index >= 15 is 0 Å². The fourth-order valence-electron chi connectivity index (χ4n) is 2.76. The molecule has 2 rings (SSSR count). The summed E-state index contributed by atoms with van der Waals surface area (Å²) >= 11 is 0. The van der Waals surface area contributed by atoms with Gasteiger partial charge in [-0.25, -0.2) is 12.8 Å². The van der Waals surface area contributed by atoms with E-state index in [0.29, 0.717) is 13.0 Å². The Bertz CT molecular complexity index is 660. The Morgan fingerprint density at radius 1 is 1.30 bits per heavy atom. The van der Waals surface area contributed by atoms with E-state index in [1.54, 1.807) is 31.0 Å². The highest BCUT2D eigenvalue weighted by molar-refractivity contribution is 7.91. The van der Waals surface area contributed by atoms with E-state index in [9.17, 15) is 17.6 Å². The van der Waals surface area contributed by atoms with Crippen molar-refractivity contribution in [2.75, 3.05) is 25.6 Å². The van der Waals surface area contributed by atoms with Gasteiger partial charge < -0.3 is 4.90 Å². The van der Waals surface area contributed by atoms with Crippen LogP contribution in [-0.4, -0.2) is 61.8 Å². The third-order valence-corrected chi connectivity index (χ3v) is 6.22. The van der Waals surface area contributed by atoms with E-state index in [4.69, 9.17) is 0 Å². The summed E-state index contributed by atoms with van der Waals surface area (Å²) in [5.41, 5.74) is 0.916. The molecule has 0 N–H and O–H groups in total. The molecular weight excluding hydrogens is 319 g/mol. The molecule has 1 amide bonds. The maximum Gasteiger partial charge on any atom is 0.239 e. The van der Waals surface area contributed by atoms with Crippen LogP contribution >= 0.6 is 0 Å². The molecule has 23 heavy (non-hydrogen) atoms. The average molecular weight is 342 g/mol. The summed E-state index contributed by atoms with van der Waals surface area (Å²) in [5.74, 6) is -0.196. The van der Waals surface area contributed by atoms with Crippen LogP contribution in [0.3, 0.4) is 0 Å². The Kier molecular flexibility index (Phi) is 5.41. The van der Waals surface area contributed by atoms with Crippen LogP contribution in [0.5, 0.6) is 0 Å². The van der Waals surface area contributed by atoms with Crippen LogP contribution in [0.4, 0.5) is 4.39 Å². The van der Waals surface area contributed by atoms with Gasteiger partial charge in [0.25, 0.3) is 0 Å².